The molecule has 112 valence electrons. The van der Waals surface area contributed by atoms with Crippen molar-refractivity contribution in [2.24, 2.45) is 0 Å². The van der Waals surface area contributed by atoms with Crippen molar-refractivity contribution >= 4 is 11.9 Å². The van der Waals surface area contributed by atoms with Crippen molar-refractivity contribution in [3.8, 4) is 0 Å². The molecule has 0 aliphatic carbocycles. The molecule has 0 amide bonds. The van der Waals surface area contributed by atoms with Crippen molar-refractivity contribution in [3.05, 3.63) is 37.0 Å². The summed E-state index contributed by atoms with van der Waals surface area (Å²) in [5.74, 6) is -1.04. The van der Waals surface area contributed by atoms with E-state index in [1.165, 1.54) is 25.3 Å². The summed E-state index contributed by atoms with van der Waals surface area (Å²) >= 11 is 0. The third-order valence-corrected chi connectivity index (χ3v) is 2.79. The Bertz CT molecular complexity index is 340. The molecule has 3 heteroatoms. The fourth-order valence-electron chi connectivity index (χ4n) is 1.71. The maximum absolute atomic E-state index is 11.4. The Labute approximate surface area is 122 Å². The van der Waals surface area contributed by atoms with Crippen LogP contribution < -0.4 is 0 Å². The number of hydrogen-bond acceptors (Lipinski definition) is 3. The Morgan fingerprint density at radius 1 is 1.00 bits per heavy atom. The van der Waals surface area contributed by atoms with Gasteiger partial charge in [-0.25, -0.2) is 4.79 Å². The summed E-state index contributed by atoms with van der Waals surface area (Å²) in [5, 5.41) is 0. The molecule has 0 fully saturated rings. The minimum Gasteiger partial charge on any atom is -0.390 e. The van der Waals surface area contributed by atoms with Crippen LogP contribution in [-0.4, -0.2) is 11.9 Å². The molecule has 0 N–H and O–H groups in total. The van der Waals surface area contributed by atoms with Crippen LogP contribution in [0.15, 0.2) is 37.0 Å². The van der Waals surface area contributed by atoms with Gasteiger partial charge in [0.1, 0.15) is 0 Å². The number of allylic oxidation sites excluding steroid dienone is 4. The van der Waals surface area contributed by atoms with Crippen LogP contribution in [0.5, 0.6) is 0 Å². The van der Waals surface area contributed by atoms with Gasteiger partial charge in [0.15, 0.2) is 0 Å². The minimum atomic E-state index is -0.600. The van der Waals surface area contributed by atoms with Crippen molar-refractivity contribution in [2.75, 3.05) is 0 Å². The van der Waals surface area contributed by atoms with Gasteiger partial charge >= 0.3 is 11.9 Å². The van der Waals surface area contributed by atoms with E-state index >= 15 is 0 Å². The zero-order valence-corrected chi connectivity index (χ0v) is 12.5. The number of ether oxygens (including phenoxy) is 1. The zero-order valence-electron chi connectivity index (χ0n) is 12.5. The molecule has 0 unspecified atom stereocenters. The van der Waals surface area contributed by atoms with E-state index in [4.69, 9.17) is 0 Å². The maximum Gasteiger partial charge on any atom is 0.338 e. The highest BCUT2D eigenvalue weighted by molar-refractivity contribution is 5.92. The molecule has 0 saturated heterocycles. The second kappa shape index (κ2) is 13.8. The SMILES string of the molecule is C=CCCCCCCCCC(=O)OC(=O)/C=C/C=C/C. The average Bonchev–Trinajstić information content (AvgIpc) is 2.42. The van der Waals surface area contributed by atoms with Crippen LogP contribution in [-0.2, 0) is 14.3 Å². The molecule has 0 aromatic heterocycles. The van der Waals surface area contributed by atoms with Gasteiger partial charge in [0.25, 0.3) is 0 Å². The number of rotatable bonds is 11. The second-order valence-corrected chi connectivity index (χ2v) is 4.63. The van der Waals surface area contributed by atoms with E-state index in [2.05, 4.69) is 11.3 Å². The lowest BCUT2D eigenvalue weighted by molar-refractivity contribution is -0.156. The normalized spacial score (nSPS) is 11.1. The van der Waals surface area contributed by atoms with Gasteiger partial charge in [-0.2, -0.15) is 0 Å². The molecule has 20 heavy (non-hydrogen) atoms. The molecule has 0 radical (unpaired) electrons. The highest BCUT2D eigenvalue weighted by atomic mass is 16.6. The molecular weight excluding hydrogens is 252 g/mol. The molecular formula is C17H26O3. The van der Waals surface area contributed by atoms with E-state index in [1.54, 1.807) is 18.2 Å². The third-order valence-electron chi connectivity index (χ3n) is 2.79. The quantitative estimate of drug-likeness (QED) is 0.140. The minimum absolute atomic E-state index is 0.315. The summed E-state index contributed by atoms with van der Waals surface area (Å²) in [6.07, 6.45) is 16.1. The molecule has 0 aromatic rings. The van der Waals surface area contributed by atoms with Crippen LogP contribution in [0.1, 0.15) is 58.3 Å². The predicted octanol–water partition coefficient (Wildman–Crippen LogP) is 4.50. The highest BCUT2D eigenvalue weighted by Gasteiger charge is 2.06. The van der Waals surface area contributed by atoms with Crippen LogP contribution in [0.25, 0.3) is 0 Å². The van der Waals surface area contributed by atoms with Crippen molar-refractivity contribution in [2.45, 2.75) is 58.3 Å². The summed E-state index contributed by atoms with van der Waals surface area (Å²) in [7, 11) is 0. The first kappa shape index (κ1) is 18.4. The zero-order chi connectivity index (χ0) is 15.1. The van der Waals surface area contributed by atoms with Crippen LogP contribution in [0.4, 0.5) is 0 Å². The van der Waals surface area contributed by atoms with Crippen LogP contribution in [0.3, 0.4) is 0 Å². The largest absolute Gasteiger partial charge is 0.390 e. The lowest BCUT2D eigenvalue weighted by Gasteiger charge is -2.01. The Kier molecular flexibility index (Phi) is 12.7. The Morgan fingerprint density at radius 2 is 1.65 bits per heavy atom. The van der Waals surface area contributed by atoms with Crippen molar-refractivity contribution < 1.29 is 14.3 Å². The third kappa shape index (κ3) is 12.8. The van der Waals surface area contributed by atoms with Gasteiger partial charge < -0.3 is 4.74 Å². The molecule has 0 aromatic carbocycles. The smallest absolute Gasteiger partial charge is 0.338 e. The van der Waals surface area contributed by atoms with E-state index in [0.29, 0.717) is 6.42 Å². The molecule has 3 nitrogen and oxygen atoms in total. The van der Waals surface area contributed by atoms with Crippen molar-refractivity contribution in [3.63, 3.8) is 0 Å². The van der Waals surface area contributed by atoms with Gasteiger partial charge in [-0.3, -0.25) is 4.79 Å². The summed E-state index contributed by atoms with van der Waals surface area (Å²) in [6, 6.07) is 0. The second-order valence-electron chi connectivity index (χ2n) is 4.63. The Morgan fingerprint density at radius 3 is 2.30 bits per heavy atom. The molecule has 0 atom stereocenters. The van der Waals surface area contributed by atoms with Gasteiger partial charge in [-0.05, 0) is 26.2 Å². The Hall–Kier alpha value is -1.64. The molecule has 0 heterocycles. The van der Waals surface area contributed by atoms with Gasteiger partial charge in [-0.15, -0.1) is 6.58 Å². The first-order valence-electron chi connectivity index (χ1n) is 7.35. The van der Waals surface area contributed by atoms with E-state index in [9.17, 15) is 9.59 Å². The number of carbonyl (C=O) groups excluding carboxylic acids is 2. The monoisotopic (exact) mass is 278 g/mol. The van der Waals surface area contributed by atoms with Gasteiger partial charge in [-0.1, -0.05) is 50.0 Å². The fraction of sp³-hybridized carbons (Fsp3) is 0.529. The van der Waals surface area contributed by atoms with E-state index in [-0.39, 0.29) is 0 Å². The molecule has 0 aliphatic heterocycles. The van der Waals surface area contributed by atoms with Gasteiger partial charge in [0, 0.05) is 12.5 Å². The van der Waals surface area contributed by atoms with E-state index in [1.807, 2.05) is 13.0 Å². The Balaban J connectivity index is 3.49. The van der Waals surface area contributed by atoms with E-state index in [0.717, 1.165) is 25.7 Å². The number of carbonyl (C=O) groups is 2. The lowest BCUT2D eigenvalue weighted by atomic mass is 10.1. The fourth-order valence-corrected chi connectivity index (χ4v) is 1.71. The standard InChI is InChI=1S/C17H26O3/c1-3-5-7-8-9-10-11-13-15-17(19)20-16(18)14-12-6-4-2/h3-4,6,12,14H,1,5,7-11,13,15H2,2H3/b6-4+,14-12+. The van der Waals surface area contributed by atoms with Crippen LogP contribution in [0.2, 0.25) is 0 Å². The van der Waals surface area contributed by atoms with Crippen molar-refractivity contribution in [1.29, 1.82) is 0 Å². The molecule has 0 saturated carbocycles. The molecule has 0 bridgehead atoms. The van der Waals surface area contributed by atoms with Gasteiger partial charge in [0.05, 0.1) is 0 Å². The summed E-state index contributed by atoms with van der Waals surface area (Å²) < 4.78 is 4.65. The molecule has 0 aliphatic rings. The highest BCUT2D eigenvalue weighted by Crippen LogP contribution is 2.09. The number of hydrogen-bond donors (Lipinski definition) is 0. The van der Waals surface area contributed by atoms with Crippen LogP contribution >= 0.6 is 0 Å². The topological polar surface area (TPSA) is 43.4 Å². The summed E-state index contributed by atoms with van der Waals surface area (Å²) in [4.78, 5) is 22.5. The first-order valence-corrected chi connectivity index (χ1v) is 7.35. The van der Waals surface area contributed by atoms with Gasteiger partial charge in [0.2, 0.25) is 0 Å². The summed E-state index contributed by atoms with van der Waals surface area (Å²) in [6.45, 7) is 5.53. The predicted molar refractivity (Wildman–Crippen MR) is 82.2 cm³/mol. The molecule has 0 rings (SSSR count). The first-order chi connectivity index (χ1) is 9.70. The van der Waals surface area contributed by atoms with E-state index < -0.39 is 11.9 Å². The van der Waals surface area contributed by atoms with Crippen LogP contribution in [0, 0.1) is 0 Å². The summed E-state index contributed by atoms with van der Waals surface area (Å²) in [5.41, 5.74) is 0. The van der Waals surface area contributed by atoms with Crippen molar-refractivity contribution in [1.82, 2.24) is 0 Å². The lowest BCUT2D eigenvalue weighted by Crippen LogP contribution is -2.09. The number of esters is 2. The number of unbranched alkanes of at least 4 members (excludes halogenated alkanes) is 6. The maximum atomic E-state index is 11.4. The average molecular weight is 278 g/mol. The molecule has 0 spiro atoms.